The molecule has 0 N–H and O–H groups in total. The molecule has 1 atom stereocenters. The molecule has 1 rings (SSSR count). The highest BCUT2D eigenvalue weighted by Gasteiger charge is 2.38. The zero-order valence-corrected chi connectivity index (χ0v) is 12.1. The molecule has 0 amide bonds. The van der Waals surface area contributed by atoms with Gasteiger partial charge in [0, 0.05) is 18.4 Å². The van der Waals surface area contributed by atoms with E-state index in [1.807, 2.05) is 0 Å². The van der Waals surface area contributed by atoms with Gasteiger partial charge in [-0.1, -0.05) is 34.6 Å². The van der Waals surface area contributed by atoms with Crippen LogP contribution in [0.5, 0.6) is 0 Å². The molecule has 2 nitrogen and oxygen atoms in total. The quantitative estimate of drug-likeness (QED) is 0.705. The van der Waals surface area contributed by atoms with Crippen molar-refractivity contribution in [3.8, 4) is 0 Å². The molecule has 0 aromatic rings. The molecule has 0 unspecified atom stereocenters. The van der Waals surface area contributed by atoms with Crippen LogP contribution in [0, 0.1) is 17.3 Å². The van der Waals surface area contributed by atoms with E-state index in [9.17, 15) is 4.79 Å². The predicted molar refractivity (Wildman–Crippen MR) is 71.0 cm³/mol. The van der Waals surface area contributed by atoms with Gasteiger partial charge in [0.25, 0.3) is 0 Å². The highest BCUT2D eigenvalue weighted by atomic mass is 16.5. The summed E-state index contributed by atoms with van der Waals surface area (Å²) < 4.78 is 5.58. The molecular weight excluding hydrogens is 212 g/mol. The van der Waals surface area contributed by atoms with E-state index in [0.29, 0.717) is 30.1 Å². The number of hydrogen-bond acceptors (Lipinski definition) is 2. The van der Waals surface area contributed by atoms with Crippen LogP contribution in [0.25, 0.3) is 0 Å². The van der Waals surface area contributed by atoms with Crippen LogP contribution in [-0.2, 0) is 9.53 Å². The highest BCUT2D eigenvalue weighted by molar-refractivity contribution is 5.85. The van der Waals surface area contributed by atoms with Gasteiger partial charge in [-0.3, -0.25) is 4.79 Å². The van der Waals surface area contributed by atoms with Gasteiger partial charge in [-0.25, -0.2) is 0 Å². The summed E-state index contributed by atoms with van der Waals surface area (Å²) in [6.45, 7) is 11.6. The summed E-state index contributed by atoms with van der Waals surface area (Å²) in [6.07, 6.45) is 4.21. The molecule has 100 valence electrons. The van der Waals surface area contributed by atoms with E-state index in [1.54, 1.807) is 0 Å². The maximum atomic E-state index is 12.4. The van der Waals surface area contributed by atoms with Crippen LogP contribution in [0.3, 0.4) is 0 Å². The number of carbonyl (C=O) groups excluding carboxylic acids is 1. The van der Waals surface area contributed by atoms with Crippen molar-refractivity contribution in [2.24, 2.45) is 17.3 Å². The van der Waals surface area contributed by atoms with Gasteiger partial charge in [0.15, 0.2) is 0 Å². The van der Waals surface area contributed by atoms with Crippen molar-refractivity contribution in [1.29, 1.82) is 0 Å². The molecule has 1 aliphatic rings. The third kappa shape index (κ3) is 3.31. The number of rotatable bonds is 6. The Balaban J connectivity index is 2.53. The SMILES string of the molecule is CC(C)C(C)(C(=O)CC[C@@H]1CCCO1)C(C)C. The van der Waals surface area contributed by atoms with Crippen LogP contribution in [0.2, 0.25) is 0 Å². The molecule has 1 fully saturated rings. The maximum Gasteiger partial charge on any atom is 0.139 e. The number of carbonyl (C=O) groups is 1. The van der Waals surface area contributed by atoms with Crippen LogP contribution in [0.15, 0.2) is 0 Å². The molecule has 0 bridgehead atoms. The van der Waals surface area contributed by atoms with Crippen molar-refractivity contribution >= 4 is 5.78 Å². The minimum atomic E-state index is -0.182. The van der Waals surface area contributed by atoms with Gasteiger partial charge in [-0.15, -0.1) is 0 Å². The number of Topliss-reactive ketones (excluding diaryl/α,β-unsaturated/α-hetero) is 1. The molecule has 0 radical (unpaired) electrons. The summed E-state index contributed by atoms with van der Waals surface area (Å²) in [5.74, 6) is 1.22. The lowest BCUT2D eigenvalue weighted by Gasteiger charge is -2.36. The highest BCUT2D eigenvalue weighted by Crippen LogP contribution is 2.38. The van der Waals surface area contributed by atoms with Gasteiger partial charge < -0.3 is 4.74 Å². The van der Waals surface area contributed by atoms with Crippen LogP contribution < -0.4 is 0 Å². The fraction of sp³-hybridized carbons (Fsp3) is 0.933. The van der Waals surface area contributed by atoms with E-state index in [2.05, 4.69) is 34.6 Å². The molecule has 0 aromatic heterocycles. The minimum absolute atomic E-state index is 0.182. The first-order chi connectivity index (χ1) is 7.89. The van der Waals surface area contributed by atoms with Gasteiger partial charge in [0.2, 0.25) is 0 Å². The molecule has 1 saturated heterocycles. The molecule has 2 heteroatoms. The average molecular weight is 240 g/mol. The van der Waals surface area contributed by atoms with Crippen molar-refractivity contribution in [1.82, 2.24) is 0 Å². The molecule has 0 aliphatic carbocycles. The van der Waals surface area contributed by atoms with Crippen molar-refractivity contribution in [2.45, 2.75) is 66.4 Å². The minimum Gasteiger partial charge on any atom is -0.378 e. The Morgan fingerprint density at radius 1 is 1.29 bits per heavy atom. The predicted octanol–water partition coefficient (Wildman–Crippen LogP) is 3.83. The summed E-state index contributed by atoms with van der Waals surface area (Å²) in [5.41, 5.74) is -0.182. The molecule has 0 saturated carbocycles. The fourth-order valence-corrected chi connectivity index (χ4v) is 2.74. The zero-order valence-electron chi connectivity index (χ0n) is 12.1. The second-order valence-corrected chi connectivity index (χ2v) is 6.19. The number of hydrogen-bond donors (Lipinski definition) is 0. The Kier molecular flexibility index (Phi) is 5.18. The van der Waals surface area contributed by atoms with E-state index in [0.717, 1.165) is 25.9 Å². The summed E-state index contributed by atoms with van der Waals surface area (Å²) in [7, 11) is 0. The Morgan fingerprint density at radius 2 is 1.88 bits per heavy atom. The van der Waals surface area contributed by atoms with Gasteiger partial charge in [0.1, 0.15) is 5.78 Å². The van der Waals surface area contributed by atoms with E-state index in [4.69, 9.17) is 4.74 Å². The lowest BCUT2D eigenvalue weighted by Crippen LogP contribution is -2.38. The molecule has 1 heterocycles. The van der Waals surface area contributed by atoms with Gasteiger partial charge in [0.05, 0.1) is 6.10 Å². The van der Waals surface area contributed by atoms with E-state index in [1.165, 1.54) is 0 Å². The van der Waals surface area contributed by atoms with Gasteiger partial charge >= 0.3 is 0 Å². The van der Waals surface area contributed by atoms with Crippen LogP contribution >= 0.6 is 0 Å². The summed E-state index contributed by atoms with van der Waals surface area (Å²) in [4.78, 5) is 12.4. The van der Waals surface area contributed by atoms with Crippen LogP contribution in [-0.4, -0.2) is 18.5 Å². The number of ketones is 1. The molecule has 17 heavy (non-hydrogen) atoms. The third-order valence-corrected chi connectivity index (χ3v) is 4.72. The second-order valence-electron chi connectivity index (χ2n) is 6.19. The largest absolute Gasteiger partial charge is 0.378 e. The fourth-order valence-electron chi connectivity index (χ4n) is 2.74. The van der Waals surface area contributed by atoms with E-state index >= 15 is 0 Å². The normalized spacial score (nSPS) is 21.5. The van der Waals surface area contributed by atoms with Gasteiger partial charge in [-0.2, -0.15) is 0 Å². The zero-order chi connectivity index (χ0) is 13.1. The standard InChI is InChI=1S/C15H28O2/c1-11(2)15(5,12(3)4)14(16)9-8-13-7-6-10-17-13/h11-13H,6-10H2,1-5H3/t13-/m0/s1. The van der Waals surface area contributed by atoms with Crippen LogP contribution in [0.1, 0.15) is 60.3 Å². The lowest BCUT2D eigenvalue weighted by atomic mass is 9.66. The Labute approximate surface area is 106 Å². The Bertz CT molecular complexity index is 242. The lowest BCUT2D eigenvalue weighted by molar-refractivity contribution is -0.133. The molecular formula is C15H28O2. The second kappa shape index (κ2) is 5.99. The Morgan fingerprint density at radius 3 is 2.29 bits per heavy atom. The van der Waals surface area contributed by atoms with Crippen molar-refractivity contribution < 1.29 is 9.53 Å². The molecule has 0 spiro atoms. The van der Waals surface area contributed by atoms with E-state index in [-0.39, 0.29) is 5.41 Å². The molecule has 0 aromatic carbocycles. The molecule has 1 aliphatic heterocycles. The van der Waals surface area contributed by atoms with Crippen molar-refractivity contribution in [3.05, 3.63) is 0 Å². The van der Waals surface area contributed by atoms with Crippen LogP contribution in [0.4, 0.5) is 0 Å². The average Bonchev–Trinajstić information content (AvgIpc) is 2.76. The summed E-state index contributed by atoms with van der Waals surface area (Å²) in [5, 5.41) is 0. The first-order valence-corrected chi connectivity index (χ1v) is 7.04. The topological polar surface area (TPSA) is 26.3 Å². The Hall–Kier alpha value is -0.370. The summed E-state index contributed by atoms with van der Waals surface area (Å²) >= 11 is 0. The van der Waals surface area contributed by atoms with E-state index < -0.39 is 0 Å². The van der Waals surface area contributed by atoms with Gasteiger partial charge in [-0.05, 0) is 31.1 Å². The first-order valence-electron chi connectivity index (χ1n) is 7.04. The maximum absolute atomic E-state index is 12.4. The third-order valence-electron chi connectivity index (χ3n) is 4.72. The smallest absolute Gasteiger partial charge is 0.139 e. The number of ether oxygens (including phenoxy) is 1. The first kappa shape index (κ1) is 14.7. The van der Waals surface area contributed by atoms with Crippen molar-refractivity contribution in [3.63, 3.8) is 0 Å². The monoisotopic (exact) mass is 240 g/mol. The summed E-state index contributed by atoms with van der Waals surface area (Å²) in [6, 6.07) is 0. The van der Waals surface area contributed by atoms with Crippen molar-refractivity contribution in [2.75, 3.05) is 6.61 Å².